The van der Waals surface area contributed by atoms with Crippen LogP contribution in [0.25, 0.3) is 5.69 Å². The van der Waals surface area contributed by atoms with Crippen LogP contribution in [0.15, 0.2) is 35.2 Å². The molecule has 0 bridgehead atoms. The number of rotatable bonds is 5. The Kier molecular flexibility index (Phi) is 4.91. The van der Waals surface area contributed by atoms with Crippen LogP contribution in [0.4, 0.5) is 13.2 Å². The zero-order chi connectivity index (χ0) is 18.0. The van der Waals surface area contributed by atoms with Gasteiger partial charge in [-0.2, -0.15) is 18.3 Å². The maximum Gasteiger partial charge on any atom is 0.416 e. The summed E-state index contributed by atoms with van der Waals surface area (Å²) in [7, 11) is 0. The molecule has 3 aromatic rings. The van der Waals surface area contributed by atoms with Crippen molar-refractivity contribution in [3.05, 3.63) is 63.4 Å². The number of benzene rings is 1. The van der Waals surface area contributed by atoms with E-state index in [-0.39, 0.29) is 12.1 Å². The van der Waals surface area contributed by atoms with Gasteiger partial charge in [0.25, 0.3) is 0 Å². The van der Waals surface area contributed by atoms with Crippen molar-refractivity contribution in [3.63, 3.8) is 0 Å². The summed E-state index contributed by atoms with van der Waals surface area (Å²) in [6, 6.07) is 6.15. The number of hydrogen-bond acceptors (Lipinski definition) is 4. The van der Waals surface area contributed by atoms with Gasteiger partial charge in [-0.3, -0.25) is 0 Å². The molecule has 1 N–H and O–H groups in total. The predicted molar refractivity (Wildman–Crippen MR) is 90.7 cm³/mol. The molecule has 0 spiro atoms. The van der Waals surface area contributed by atoms with Crippen LogP contribution in [-0.2, 0) is 19.3 Å². The number of aromatic nitrogens is 3. The number of aryl methyl sites for hydroxylation is 2. The zero-order valence-corrected chi connectivity index (χ0v) is 14.6. The number of nitrogens with zero attached hydrogens (tertiary/aromatic N) is 3. The third-order valence-corrected chi connectivity index (χ3v) is 4.39. The minimum atomic E-state index is -4.43. The van der Waals surface area contributed by atoms with Gasteiger partial charge in [-0.1, -0.05) is 6.07 Å². The second-order valence-corrected chi connectivity index (χ2v) is 6.48. The van der Waals surface area contributed by atoms with E-state index in [2.05, 4.69) is 15.4 Å². The van der Waals surface area contributed by atoms with E-state index in [1.54, 1.807) is 11.6 Å². The average molecular weight is 366 g/mol. The lowest BCUT2D eigenvalue weighted by atomic mass is 10.1. The summed E-state index contributed by atoms with van der Waals surface area (Å²) in [5.41, 5.74) is 4.02. The van der Waals surface area contributed by atoms with Crippen LogP contribution in [0, 0.1) is 13.8 Å². The quantitative estimate of drug-likeness (QED) is 0.734. The van der Waals surface area contributed by atoms with Gasteiger partial charge in [-0.05, 0) is 37.6 Å². The van der Waals surface area contributed by atoms with Gasteiger partial charge in [0.1, 0.15) is 0 Å². The Hall–Kier alpha value is -2.19. The summed E-state index contributed by atoms with van der Waals surface area (Å²) >= 11 is 1.46. The van der Waals surface area contributed by atoms with E-state index in [1.165, 1.54) is 22.1 Å². The molecule has 0 unspecified atom stereocenters. The molecule has 8 heteroatoms. The lowest BCUT2D eigenvalue weighted by Crippen LogP contribution is -2.18. The Morgan fingerprint density at radius 1 is 1.16 bits per heavy atom. The van der Waals surface area contributed by atoms with Crippen LogP contribution in [0.1, 0.15) is 28.2 Å². The lowest BCUT2D eigenvalue weighted by molar-refractivity contribution is -0.138. The number of alkyl halides is 3. The summed E-state index contributed by atoms with van der Waals surface area (Å²) in [6.07, 6.45) is -4.43. The Bertz CT molecular complexity index is 853. The molecule has 4 nitrogen and oxygen atoms in total. The van der Waals surface area contributed by atoms with Gasteiger partial charge in [0.2, 0.25) is 0 Å². The first-order chi connectivity index (χ1) is 11.8. The molecule has 1 aromatic carbocycles. The third-order valence-electron chi connectivity index (χ3n) is 3.76. The lowest BCUT2D eigenvalue weighted by Gasteiger charge is -2.15. The largest absolute Gasteiger partial charge is 0.416 e. The van der Waals surface area contributed by atoms with E-state index in [4.69, 9.17) is 0 Å². The van der Waals surface area contributed by atoms with Crippen molar-refractivity contribution in [2.24, 2.45) is 0 Å². The monoisotopic (exact) mass is 366 g/mol. The van der Waals surface area contributed by atoms with Gasteiger partial charge >= 0.3 is 6.18 Å². The van der Waals surface area contributed by atoms with Crippen LogP contribution >= 0.6 is 11.3 Å². The molecule has 3 rings (SSSR count). The summed E-state index contributed by atoms with van der Waals surface area (Å²) in [5, 5.41) is 9.13. The first-order valence-corrected chi connectivity index (χ1v) is 8.60. The maximum absolute atomic E-state index is 13.5. The van der Waals surface area contributed by atoms with Crippen molar-refractivity contribution in [2.75, 3.05) is 0 Å². The van der Waals surface area contributed by atoms with Gasteiger partial charge in [-0.15, -0.1) is 11.3 Å². The smallest absolute Gasteiger partial charge is 0.307 e. The minimum absolute atomic E-state index is 0.115. The van der Waals surface area contributed by atoms with Gasteiger partial charge < -0.3 is 5.32 Å². The van der Waals surface area contributed by atoms with Gasteiger partial charge in [0.05, 0.1) is 28.1 Å². The second-order valence-electron chi connectivity index (χ2n) is 5.76. The van der Waals surface area contributed by atoms with Crippen LogP contribution in [0.3, 0.4) is 0 Å². The van der Waals surface area contributed by atoms with Crippen molar-refractivity contribution in [2.45, 2.75) is 33.1 Å². The molecule has 0 fully saturated rings. The second kappa shape index (κ2) is 6.97. The fourth-order valence-electron chi connectivity index (χ4n) is 2.65. The van der Waals surface area contributed by atoms with Gasteiger partial charge in [0.15, 0.2) is 0 Å². The molecule has 2 heterocycles. The molecule has 132 valence electrons. The molecule has 0 amide bonds. The first kappa shape index (κ1) is 17.6. The highest BCUT2D eigenvalue weighted by Crippen LogP contribution is 2.33. The topological polar surface area (TPSA) is 42.7 Å². The fraction of sp³-hybridized carbons (Fsp3) is 0.294. The van der Waals surface area contributed by atoms with Gasteiger partial charge in [0, 0.05) is 24.2 Å². The molecule has 0 saturated heterocycles. The Morgan fingerprint density at radius 3 is 2.56 bits per heavy atom. The number of nitrogens with one attached hydrogen (secondary N) is 1. The standard InChI is InChI=1S/C17H17F3N4S/c1-11-5-12(2)24(23-11)15-4-3-13(16(6-15)17(18,19)20)7-21-8-14-9-25-10-22-14/h3-6,9-10,21H,7-8H2,1-2H3. The van der Waals surface area contributed by atoms with Crippen molar-refractivity contribution < 1.29 is 13.2 Å². The predicted octanol–water partition coefficient (Wildman–Crippen LogP) is 4.25. The molecule has 0 aliphatic rings. The molecular weight excluding hydrogens is 349 g/mol. The maximum atomic E-state index is 13.5. The first-order valence-electron chi connectivity index (χ1n) is 7.66. The van der Waals surface area contributed by atoms with Crippen molar-refractivity contribution in [3.8, 4) is 5.69 Å². The number of thiazole rings is 1. The van der Waals surface area contributed by atoms with E-state index < -0.39 is 11.7 Å². The van der Waals surface area contributed by atoms with Crippen LogP contribution in [0.2, 0.25) is 0 Å². The molecule has 0 aliphatic heterocycles. The van der Waals surface area contributed by atoms with Crippen molar-refractivity contribution in [1.29, 1.82) is 0 Å². The van der Waals surface area contributed by atoms with E-state index in [0.29, 0.717) is 12.2 Å². The summed E-state index contributed by atoms with van der Waals surface area (Å²) < 4.78 is 42.0. The van der Waals surface area contributed by atoms with Crippen molar-refractivity contribution in [1.82, 2.24) is 20.1 Å². The SMILES string of the molecule is Cc1cc(C)n(-c2ccc(CNCc3cscn3)c(C(F)(F)F)c2)n1. The molecule has 0 radical (unpaired) electrons. The Morgan fingerprint density at radius 2 is 1.96 bits per heavy atom. The summed E-state index contributed by atoms with van der Waals surface area (Å²) in [4.78, 5) is 4.11. The molecule has 2 aromatic heterocycles. The summed E-state index contributed by atoms with van der Waals surface area (Å²) in [5.74, 6) is 0. The normalized spacial score (nSPS) is 11.9. The Labute approximate surface area is 147 Å². The van der Waals surface area contributed by atoms with Crippen molar-refractivity contribution >= 4 is 11.3 Å². The highest BCUT2D eigenvalue weighted by atomic mass is 32.1. The molecule has 0 atom stereocenters. The third kappa shape index (κ3) is 4.08. The van der Waals surface area contributed by atoms with Crippen LogP contribution in [0.5, 0.6) is 0 Å². The fourth-order valence-corrected chi connectivity index (χ4v) is 3.21. The van der Waals surface area contributed by atoms with E-state index in [9.17, 15) is 13.2 Å². The van der Waals surface area contributed by atoms with E-state index in [0.717, 1.165) is 23.1 Å². The van der Waals surface area contributed by atoms with Crippen LogP contribution < -0.4 is 5.32 Å². The number of halogens is 3. The number of hydrogen-bond donors (Lipinski definition) is 1. The molecule has 0 aliphatic carbocycles. The minimum Gasteiger partial charge on any atom is -0.307 e. The highest BCUT2D eigenvalue weighted by Gasteiger charge is 2.33. The zero-order valence-electron chi connectivity index (χ0n) is 13.8. The van der Waals surface area contributed by atoms with Gasteiger partial charge in [-0.25, -0.2) is 9.67 Å². The molecular formula is C17H17F3N4S. The highest BCUT2D eigenvalue weighted by molar-refractivity contribution is 7.07. The Balaban J connectivity index is 1.86. The summed E-state index contributed by atoms with van der Waals surface area (Å²) in [6.45, 7) is 4.17. The van der Waals surface area contributed by atoms with E-state index >= 15 is 0 Å². The molecule has 25 heavy (non-hydrogen) atoms. The average Bonchev–Trinajstić information content (AvgIpc) is 3.16. The van der Waals surface area contributed by atoms with E-state index in [1.807, 2.05) is 25.3 Å². The molecule has 0 saturated carbocycles. The van der Waals surface area contributed by atoms with Crippen LogP contribution in [-0.4, -0.2) is 14.8 Å².